The molecule has 98 valence electrons. The Morgan fingerprint density at radius 1 is 1.29 bits per heavy atom. The van der Waals surface area contributed by atoms with Crippen molar-refractivity contribution in [2.75, 3.05) is 19.6 Å². The van der Waals surface area contributed by atoms with E-state index in [9.17, 15) is 9.59 Å². The van der Waals surface area contributed by atoms with Gasteiger partial charge in [0.05, 0.1) is 24.8 Å². The van der Waals surface area contributed by atoms with Gasteiger partial charge in [-0.3, -0.25) is 14.5 Å². The molecular weight excluding hydrogens is 226 g/mol. The minimum absolute atomic E-state index is 0.0799. The van der Waals surface area contributed by atoms with Crippen molar-refractivity contribution in [3.05, 3.63) is 0 Å². The van der Waals surface area contributed by atoms with Gasteiger partial charge in [-0.25, -0.2) is 0 Å². The molecule has 17 heavy (non-hydrogen) atoms. The van der Waals surface area contributed by atoms with Crippen LogP contribution >= 0.6 is 0 Å². The molecular formula is C11H19NO5. The van der Waals surface area contributed by atoms with Crippen LogP contribution in [0.3, 0.4) is 0 Å². The van der Waals surface area contributed by atoms with Gasteiger partial charge in [0, 0.05) is 6.54 Å². The fraction of sp³-hybridized carbons (Fsp3) is 0.818. The topological polar surface area (TPSA) is 87.1 Å². The standard InChI is InChI=1S/C11H19NO5/c1-11(2)4-3-8(17-11)5-12(6-9(13)14)7-10(15)16/h8H,3-7H2,1-2H3,(H,13,14)(H,15,16). The fourth-order valence-electron chi connectivity index (χ4n) is 2.06. The zero-order valence-corrected chi connectivity index (χ0v) is 10.2. The summed E-state index contributed by atoms with van der Waals surface area (Å²) < 4.78 is 5.71. The van der Waals surface area contributed by atoms with Crippen molar-refractivity contribution in [3.63, 3.8) is 0 Å². The molecule has 0 aromatic rings. The van der Waals surface area contributed by atoms with Crippen LogP contribution in [0.25, 0.3) is 0 Å². The second-order valence-electron chi connectivity index (χ2n) is 5.00. The molecule has 0 spiro atoms. The summed E-state index contributed by atoms with van der Waals surface area (Å²) in [4.78, 5) is 22.6. The molecule has 1 aliphatic heterocycles. The molecule has 1 fully saturated rings. The lowest BCUT2D eigenvalue weighted by Gasteiger charge is -2.24. The van der Waals surface area contributed by atoms with Gasteiger partial charge in [-0.15, -0.1) is 0 Å². The molecule has 2 N–H and O–H groups in total. The van der Waals surface area contributed by atoms with Crippen molar-refractivity contribution in [3.8, 4) is 0 Å². The van der Waals surface area contributed by atoms with E-state index in [1.807, 2.05) is 13.8 Å². The average molecular weight is 245 g/mol. The monoisotopic (exact) mass is 245 g/mol. The maximum Gasteiger partial charge on any atom is 0.317 e. The number of hydrogen-bond donors (Lipinski definition) is 2. The van der Waals surface area contributed by atoms with Crippen LogP contribution in [0, 0.1) is 0 Å². The predicted molar refractivity (Wildman–Crippen MR) is 59.9 cm³/mol. The number of carboxylic acids is 2. The smallest absolute Gasteiger partial charge is 0.317 e. The first-order valence-corrected chi connectivity index (χ1v) is 5.62. The molecule has 0 amide bonds. The minimum atomic E-state index is -1.02. The number of hydrogen-bond acceptors (Lipinski definition) is 4. The number of ether oxygens (including phenoxy) is 1. The molecule has 1 unspecified atom stereocenters. The molecule has 6 heteroatoms. The molecule has 6 nitrogen and oxygen atoms in total. The summed E-state index contributed by atoms with van der Waals surface area (Å²) in [6.45, 7) is 3.76. The third-order valence-corrected chi connectivity index (χ3v) is 2.73. The highest BCUT2D eigenvalue weighted by atomic mass is 16.5. The highest BCUT2D eigenvalue weighted by molar-refractivity contribution is 5.72. The van der Waals surface area contributed by atoms with Crippen molar-refractivity contribution in [1.82, 2.24) is 4.90 Å². The van der Waals surface area contributed by atoms with Gasteiger partial charge in [-0.1, -0.05) is 0 Å². The van der Waals surface area contributed by atoms with E-state index in [0.717, 1.165) is 12.8 Å². The van der Waals surface area contributed by atoms with E-state index in [0.29, 0.717) is 6.54 Å². The summed E-state index contributed by atoms with van der Waals surface area (Å²) in [6.07, 6.45) is 1.66. The molecule has 1 aliphatic rings. The van der Waals surface area contributed by atoms with E-state index >= 15 is 0 Å². The fourth-order valence-corrected chi connectivity index (χ4v) is 2.06. The molecule has 1 atom stereocenters. The van der Waals surface area contributed by atoms with Crippen LogP contribution in [0.4, 0.5) is 0 Å². The largest absolute Gasteiger partial charge is 0.480 e. The SMILES string of the molecule is CC1(C)CCC(CN(CC(=O)O)CC(=O)O)O1. The Kier molecular flexibility index (Phi) is 4.47. The molecule has 0 aromatic carbocycles. The summed E-state index contributed by atoms with van der Waals surface area (Å²) in [5.41, 5.74) is -0.192. The second-order valence-corrected chi connectivity index (χ2v) is 5.00. The van der Waals surface area contributed by atoms with Crippen molar-refractivity contribution < 1.29 is 24.5 Å². The Morgan fingerprint density at radius 3 is 2.18 bits per heavy atom. The summed E-state index contributed by atoms with van der Waals surface area (Å²) in [5.74, 6) is -2.05. The third kappa shape index (κ3) is 5.14. The van der Waals surface area contributed by atoms with Gasteiger partial charge in [-0.2, -0.15) is 0 Å². The molecule has 1 rings (SSSR count). The van der Waals surface area contributed by atoms with Crippen LogP contribution in [0.5, 0.6) is 0 Å². The van der Waals surface area contributed by atoms with Crippen molar-refractivity contribution in [1.29, 1.82) is 0 Å². The van der Waals surface area contributed by atoms with Gasteiger partial charge in [-0.05, 0) is 26.7 Å². The van der Waals surface area contributed by atoms with E-state index in [1.54, 1.807) is 0 Å². The van der Waals surface area contributed by atoms with E-state index in [1.165, 1.54) is 4.90 Å². The van der Waals surface area contributed by atoms with Gasteiger partial charge >= 0.3 is 11.9 Å². The molecule has 0 radical (unpaired) electrons. The van der Waals surface area contributed by atoms with E-state index in [-0.39, 0.29) is 24.8 Å². The summed E-state index contributed by atoms with van der Waals surface area (Å²) in [5, 5.41) is 17.4. The Morgan fingerprint density at radius 2 is 1.82 bits per heavy atom. The number of carboxylic acid groups (broad SMARTS) is 2. The summed E-state index contributed by atoms with van der Waals surface area (Å²) in [6, 6.07) is 0. The molecule has 0 bridgehead atoms. The van der Waals surface area contributed by atoms with Crippen LogP contribution in [-0.2, 0) is 14.3 Å². The lowest BCUT2D eigenvalue weighted by molar-refractivity contribution is -0.142. The summed E-state index contributed by atoms with van der Waals surface area (Å²) >= 11 is 0. The van der Waals surface area contributed by atoms with Gasteiger partial charge in [0.1, 0.15) is 0 Å². The van der Waals surface area contributed by atoms with Crippen LogP contribution in [0.1, 0.15) is 26.7 Å². The third-order valence-electron chi connectivity index (χ3n) is 2.73. The minimum Gasteiger partial charge on any atom is -0.480 e. The first-order valence-electron chi connectivity index (χ1n) is 5.62. The van der Waals surface area contributed by atoms with Gasteiger partial charge < -0.3 is 14.9 Å². The lowest BCUT2D eigenvalue weighted by Crippen LogP contribution is -2.40. The summed E-state index contributed by atoms with van der Waals surface area (Å²) in [7, 11) is 0. The normalized spacial score (nSPS) is 22.9. The van der Waals surface area contributed by atoms with E-state index < -0.39 is 11.9 Å². The Hall–Kier alpha value is -1.14. The van der Waals surface area contributed by atoms with Crippen LogP contribution in [0.2, 0.25) is 0 Å². The van der Waals surface area contributed by atoms with Crippen LogP contribution in [-0.4, -0.2) is 58.4 Å². The van der Waals surface area contributed by atoms with E-state index in [2.05, 4.69) is 0 Å². The number of carbonyl (C=O) groups is 2. The Balaban J connectivity index is 2.48. The molecule has 1 heterocycles. The average Bonchev–Trinajstić information content (AvgIpc) is 2.42. The highest BCUT2D eigenvalue weighted by Crippen LogP contribution is 2.29. The Bertz CT molecular complexity index is 286. The first-order chi connectivity index (χ1) is 7.78. The van der Waals surface area contributed by atoms with Crippen LogP contribution in [0.15, 0.2) is 0 Å². The molecule has 0 aromatic heterocycles. The maximum absolute atomic E-state index is 10.6. The molecule has 1 saturated heterocycles. The second kappa shape index (κ2) is 5.46. The maximum atomic E-state index is 10.6. The van der Waals surface area contributed by atoms with Crippen molar-refractivity contribution >= 4 is 11.9 Å². The number of aliphatic carboxylic acids is 2. The molecule has 0 saturated carbocycles. The van der Waals surface area contributed by atoms with E-state index in [4.69, 9.17) is 14.9 Å². The quantitative estimate of drug-likeness (QED) is 0.705. The zero-order chi connectivity index (χ0) is 13.1. The number of nitrogens with zero attached hydrogens (tertiary/aromatic N) is 1. The lowest BCUT2D eigenvalue weighted by atomic mass is 10.1. The Labute approximate surface area is 100 Å². The molecule has 0 aliphatic carbocycles. The predicted octanol–water partition coefficient (Wildman–Crippen LogP) is 0.415. The van der Waals surface area contributed by atoms with Gasteiger partial charge in [0.25, 0.3) is 0 Å². The van der Waals surface area contributed by atoms with Crippen molar-refractivity contribution in [2.24, 2.45) is 0 Å². The van der Waals surface area contributed by atoms with Crippen LogP contribution < -0.4 is 0 Å². The van der Waals surface area contributed by atoms with Gasteiger partial charge in [0.15, 0.2) is 0 Å². The number of rotatable bonds is 6. The zero-order valence-electron chi connectivity index (χ0n) is 10.2. The highest BCUT2D eigenvalue weighted by Gasteiger charge is 2.33. The van der Waals surface area contributed by atoms with Gasteiger partial charge in [0.2, 0.25) is 0 Å². The first kappa shape index (κ1) is 13.9. The van der Waals surface area contributed by atoms with Crippen molar-refractivity contribution in [2.45, 2.75) is 38.4 Å².